The van der Waals surface area contributed by atoms with Gasteiger partial charge < -0.3 is 20.2 Å². The highest BCUT2D eigenvalue weighted by Gasteiger charge is 2.22. The predicted molar refractivity (Wildman–Crippen MR) is 107 cm³/mol. The van der Waals surface area contributed by atoms with E-state index in [0.717, 1.165) is 13.0 Å². The van der Waals surface area contributed by atoms with Gasteiger partial charge in [-0.15, -0.1) is 0 Å². The first-order valence-electron chi connectivity index (χ1n) is 8.90. The summed E-state index contributed by atoms with van der Waals surface area (Å²) in [4.78, 5) is 28.8. The van der Waals surface area contributed by atoms with E-state index >= 15 is 0 Å². The molecule has 0 radical (unpaired) electrons. The Morgan fingerprint density at radius 2 is 1.67 bits per heavy atom. The second-order valence-corrected chi connectivity index (χ2v) is 7.42. The molecule has 0 aromatic heterocycles. The van der Waals surface area contributed by atoms with Crippen molar-refractivity contribution in [3.05, 3.63) is 48.5 Å². The van der Waals surface area contributed by atoms with Gasteiger partial charge in [0, 0.05) is 36.5 Å². The fourth-order valence-corrected chi connectivity index (χ4v) is 4.05. The number of hydrogen-bond acceptors (Lipinski definition) is 4. The molecule has 0 atom stereocenters. The lowest BCUT2D eigenvalue weighted by molar-refractivity contribution is -0.137. The molecule has 2 amide bonds. The number of carbonyl (C=O) groups excluding carboxylic acids is 1. The smallest absolute Gasteiger partial charge is 0.317 e. The van der Waals surface area contributed by atoms with Crippen molar-refractivity contribution in [1.29, 1.82) is 0 Å². The van der Waals surface area contributed by atoms with Crippen LogP contribution in [0.15, 0.2) is 58.3 Å². The zero-order valence-electron chi connectivity index (χ0n) is 15.2. The van der Waals surface area contributed by atoms with Crippen molar-refractivity contribution < 1.29 is 14.7 Å². The van der Waals surface area contributed by atoms with Gasteiger partial charge in [0.25, 0.3) is 0 Å². The highest BCUT2D eigenvalue weighted by atomic mass is 32.2. The van der Waals surface area contributed by atoms with Gasteiger partial charge in [-0.25, -0.2) is 4.79 Å². The number of para-hydroxylation sites is 2. The number of anilines is 2. The predicted octanol–water partition coefficient (Wildman–Crippen LogP) is 3.80. The fraction of sp³-hybridized carbons (Fsp3) is 0.300. The molecule has 6 nitrogen and oxygen atoms in total. The zero-order valence-corrected chi connectivity index (χ0v) is 16.0. The highest BCUT2D eigenvalue weighted by molar-refractivity contribution is 7.99. The molecule has 3 rings (SSSR count). The minimum atomic E-state index is -0.907. The standard InChI is InChI=1S/C20H23N3O3S/c1-22(14-11-19(24)25)20(26)21-12-6-13-23-15-7-2-4-9-17(15)27-18-10-5-3-8-16(18)23/h2-5,7-10H,6,11-14H2,1H3,(H,21,26)(H,24,25). The number of nitrogens with zero attached hydrogens (tertiary/aromatic N) is 2. The first-order chi connectivity index (χ1) is 13.1. The quantitative estimate of drug-likeness (QED) is 0.710. The van der Waals surface area contributed by atoms with Crippen LogP contribution in [-0.2, 0) is 4.79 Å². The summed E-state index contributed by atoms with van der Waals surface area (Å²) < 4.78 is 0. The Hall–Kier alpha value is -2.67. The number of carboxylic acid groups (broad SMARTS) is 1. The van der Waals surface area contributed by atoms with Crippen molar-refractivity contribution in [3.63, 3.8) is 0 Å². The summed E-state index contributed by atoms with van der Waals surface area (Å²) in [6.45, 7) is 1.52. The normalized spacial score (nSPS) is 12.1. The van der Waals surface area contributed by atoms with Crippen molar-refractivity contribution in [2.75, 3.05) is 31.6 Å². The molecule has 0 saturated heterocycles. The van der Waals surface area contributed by atoms with Crippen LogP contribution >= 0.6 is 11.8 Å². The second-order valence-electron chi connectivity index (χ2n) is 6.34. The maximum absolute atomic E-state index is 12.0. The minimum Gasteiger partial charge on any atom is -0.481 e. The third-order valence-electron chi connectivity index (χ3n) is 4.37. The molecule has 0 saturated carbocycles. The van der Waals surface area contributed by atoms with Gasteiger partial charge in [0.05, 0.1) is 17.8 Å². The number of carbonyl (C=O) groups is 2. The Bertz CT molecular complexity index is 782. The van der Waals surface area contributed by atoms with E-state index in [2.05, 4.69) is 34.5 Å². The molecule has 0 unspecified atom stereocenters. The molecule has 0 aliphatic carbocycles. The monoisotopic (exact) mass is 385 g/mol. The molecular formula is C20H23N3O3S. The zero-order chi connectivity index (χ0) is 19.2. The lowest BCUT2D eigenvalue weighted by Gasteiger charge is -2.32. The molecule has 2 N–H and O–H groups in total. The van der Waals surface area contributed by atoms with Crippen LogP contribution in [0.5, 0.6) is 0 Å². The summed E-state index contributed by atoms with van der Waals surface area (Å²) in [7, 11) is 1.60. The maximum atomic E-state index is 12.0. The molecule has 0 fully saturated rings. The summed E-state index contributed by atoms with van der Waals surface area (Å²) in [5.74, 6) is -0.907. The summed E-state index contributed by atoms with van der Waals surface area (Å²) in [5.41, 5.74) is 2.37. The Morgan fingerprint density at radius 1 is 1.07 bits per heavy atom. The van der Waals surface area contributed by atoms with Gasteiger partial charge in [0.1, 0.15) is 0 Å². The van der Waals surface area contributed by atoms with Crippen molar-refractivity contribution in [3.8, 4) is 0 Å². The number of aliphatic carboxylic acids is 1. The van der Waals surface area contributed by atoms with Crippen LogP contribution < -0.4 is 10.2 Å². The molecule has 27 heavy (non-hydrogen) atoms. The summed E-state index contributed by atoms with van der Waals surface area (Å²) in [5, 5.41) is 11.6. The third-order valence-corrected chi connectivity index (χ3v) is 5.50. The van der Waals surface area contributed by atoms with Gasteiger partial charge >= 0.3 is 12.0 Å². The number of hydrogen-bond donors (Lipinski definition) is 2. The summed E-state index contributed by atoms with van der Waals surface area (Å²) in [6, 6.07) is 16.4. The van der Waals surface area contributed by atoms with Crippen LogP contribution in [0.25, 0.3) is 0 Å². The number of carboxylic acids is 1. The first-order valence-corrected chi connectivity index (χ1v) is 9.72. The van der Waals surface area contributed by atoms with Crippen LogP contribution in [0.2, 0.25) is 0 Å². The summed E-state index contributed by atoms with van der Waals surface area (Å²) >= 11 is 1.78. The molecule has 2 aromatic rings. The van der Waals surface area contributed by atoms with E-state index < -0.39 is 5.97 Å². The van der Waals surface area contributed by atoms with Crippen molar-refractivity contribution in [2.24, 2.45) is 0 Å². The molecule has 1 aliphatic heterocycles. The van der Waals surface area contributed by atoms with Crippen LogP contribution in [0.1, 0.15) is 12.8 Å². The van der Waals surface area contributed by atoms with Gasteiger partial charge in [-0.05, 0) is 30.7 Å². The number of fused-ring (bicyclic) bond motifs is 2. The number of rotatable bonds is 7. The van der Waals surface area contributed by atoms with Crippen LogP contribution in [0.3, 0.4) is 0 Å². The average molecular weight is 385 g/mol. The molecular weight excluding hydrogens is 362 g/mol. The van der Waals surface area contributed by atoms with Crippen molar-refractivity contribution in [2.45, 2.75) is 22.6 Å². The van der Waals surface area contributed by atoms with Crippen LogP contribution in [0.4, 0.5) is 16.2 Å². The SMILES string of the molecule is CN(CCC(=O)O)C(=O)NCCCN1c2ccccc2Sc2ccccc21. The van der Waals surface area contributed by atoms with E-state index in [4.69, 9.17) is 5.11 Å². The van der Waals surface area contributed by atoms with E-state index in [-0.39, 0.29) is 19.0 Å². The topological polar surface area (TPSA) is 72.9 Å². The summed E-state index contributed by atoms with van der Waals surface area (Å²) in [6.07, 6.45) is 0.731. The minimum absolute atomic E-state index is 0.0526. The van der Waals surface area contributed by atoms with Crippen LogP contribution in [-0.4, -0.2) is 48.7 Å². The largest absolute Gasteiger partial charge is 0.481 e. The third kappa shape index (κ3) is 4.74. The average Bonchev–Trinajstić information content (AvgIpc) is 2.68. The van der Waals surface area contributed by atoms with Crippen molar-refractivity contribution in [1.82, 2.24) is 10.2 Å². The first kappa shape index (κ1) is 19.1. The molecule has 2 aromatic carbocycles. The number of nitrogens with one attached hydrogen (secondary N) is 1. The highest BCUT2D eigenvalue weighted by Crippen LogP contribution is 2.47. The van der Waals surface area contributed by atoms with Gasteiger partial charge in [0.2, 0.25) is 0 Å². The Kier molecular flexibility index (Phi) is 6.24. The van der Waals surface area contributed by atoms with Gasteiger partial charge in [-0.1, -0.05) is 36.0 Å². The Morgan fingerprint density at radius 3 is 2.26 bits per heavy atom. The number of amides is 2. The molecule has 1 aliphatic rings. The van der Waals surface area contributed by atoms with Gasteiger partial charge in [-0.2, -0.15) is 0 Å². The number of benzene rings is 2. The maximum Gasteiger partial charge on any atom is 0.317 e. The Balaban J connectivity index is 1.57. The molecule has 0 spiro atoms. The molecule has 1 heterocycles. The number of urea groups is 1. The van der Waals surface area contributed by atoms with Gasteiger partial charge in [0.15, 0.2) is 0 Å². The van der Waals surface area contributed by atoms with Crippen LogP contribution in [0, 0.1) is 0 Å². The second kappa shape index (κ2) is 8.81. The Labute approximate surface area is 163 Å². The van der Waals surface area contributed by atoms with E-state index in [9.17, 15) is 9.59 Å². The van der Waals surface area contributed by atoms with Gasteiger partial charge in [-0.3, -0.25) is 4.79 Å². The van der Waals surface area contributed by atoms with E-state index in [1.807, 2.05) is 24.3 Å². The lowest BCUT2D eigenvalue weighted by Crippen LogP contribution is -2.39. The van der Waals surface area contributed by atoms with E-state index in [1.54, 1.807) is 18.8 Å². The van der Waals surface area contributed by atoms with E-state index in [1.165, 1.54) is 26.1 Å². The van der Waals surface area contributed by atoms with Crippen molar-refractivity contribution >= 4 is 35.1 Å². The lowest BCUT2D eigenvalue weighted by atomic mass is 10.2. The molecule has 7 heteroatoms. The fourth-order valence-electron chi connectivity index (χ4n) is 2.95. The molecule has 0 bridgehead atoms. The molecule has 142 valence electrons. The van der Waals surface area contributed by atoms with E-state index in [0.29, 0.717) is 6.54 Å².